The van der Waals surface area contributed by atoms with Gasteiger partial charge in [-0.3, -0.25) is 9.59 Å². The van der Waals surface area contributed by atoms with E-state index in [2.05, 4.69) is 23.7 Å². The van der Waals surface area contributed by atoms with Gasteiger partial charge < -0.3 is 34.8 Å². The van der Waals surface area contributed by atoms with E-state index in [-0.39, 0.29) is 42.3 Å². The maximum Gasteiger partial charge on any atom is 0.416 e. The minimum absolute atomic E-state index is 0.0565. The van der Waals surface area contributed by atoms with E-state index in [0.717, 1.165) is 55.3 Å². The minimum atomic E-state index is -4.41. The van der Waals surface area contributed by atoms with Crippen LogP contribution in [0.25, 0.3) is 21.5 Å². The maximum atomic E-state index is 14.6. The normalized spacial score (nSPS) is 14.7. The summed E-state index contributed by atoms with van der Waals surface area (Å²) in [4.78, 5) is 56.1. The van der Waals surface area contributed by atoms with Crippen molar-refractivity contribution in [3.63, 3.8) is 0 Å². The van der Waals surface area contributed by atoms with Crippen LogP contribution in [0.1, 0.15) is 54.1 Å². The highest BCUT2D eigenvalue weighted by Gasteiger charge is 2.32. The molecule has 326 valence electrons. The molecule has 0 spiro atoms. The SMILES string of the molecule is Cc1nc2c(s1)c(=O)cc(CCc1cccc(F)c1F)n2CC(=O)N(Cc1ccc(-c2ccc(C(F)(F)F)cc2)cc1)C1CCN(C(C)C)CC1.O=C(O)C(O)C(O)C(=O)O. The van der Waals surface area contributed by atoms with E-state index in [4.69, 9.17) is 20.4 Å². The summed E-state index contributed by atoms with van der Waals surface area (Å²) in [6.45, 7) is 7.96. The summed E-state index contributed by atoms with van der Waals surface area (Å²) in [5.74, 6) is -5.59. The Hall–Kier alpha value is -5.56. The van der Waals surface area contributed by atoms with Crippen molar-refractivity contribution in [2.45, 2.75) is 90.0 Å². The molecule has 3 heterocycles. The van der Waals surface area contributed by atoms with Crippen molar-refractivity contribution >= 4 is 39.5 Å². The predicted octanol–water partition coefficient (Wildman–Crippen LogP) is 6.29. The Morgan fingerprint density at radius 2 is 1.46 bits per heavy atom. The van der Waals surface area contributed by atoms with Crippen LogP contribution in [0.4, 0.5) is 22.0 Å². The highest BCUT2D eigenvalue weighted by molar-refractivity contribution is 7.18. The molecule has 0 aliphatic carbocycles. The fourth-order valence-electron chi connectivity index (χ4n) is 7.06. The molecular weight excluding hydrogens is 828 g/mol. The maximum absolute atomic E-state index is 14.6. The second-order valence-corrected chi connectivity index (χ2v) is 16.1. The number of halogens is 5. The number of alkyl halides is 3. The highest BCUT2D eigenvalue weighted by Crippen LogP contribution is 2.31. The Bertz CT molecular complexity index is 2380. The lowest BCUT2D eigenvalue weighted by Gasteiger charge is -2.40. The first kappa shape index (κ1) is 46.5. The van der Waals surface area contributed by atoms with Gasteiger partial charge >= 0.3 is 18.1 Å². The molecule has 2 aromatic heterocycles. The average Bonchev–Trinajstić information content (AvgIpc) is 3.63. The van der Waals surface area contributed by atoms with Gasteiger partial charge in [0.2, 0.25) is 11.3 Å². The number of likely N-dealkylation sites (tertiary alicyclic amines) is 1. The van der Waals surface area contributed by atoms with E-state index in [1.165, 1.54) is 41.7 Å². The summed E-state index contributed by atoms with van der Waals surface area (Å²) in [6, 6.07) is 18.3. The van der Waals surface area contributed by atoms with Gasteiger partial charge in [-0.25, -0.2) is 23.4 Å². The molecule has 2 unspecified atom stereocenters. The van der Waals surface area contributed by atoms with Gasteiger partial charge in [-0.2, -0.15) is 13.2 Å². The van der Waals surface area contributed by atoms with E-state index in [0.29, 0.717) is 39.2 Å². The van der Waals surface area contributed by atoms with Gasteiger partial charge in [-0.15, -0.1) is 11.3 Å². The van der Waals surface area contributed by atoms with Crippen LogP contribution in [0.2, 0.25) is 0 Å². The number of aliphatic carboxylic acids is 2. The topological polar surface area (TPSA) is 174 Å². The lowest BCUT2D eigenvalue weighted by Crippen LogP contribution is -2.49. The molecule has 0 radical (unpaired) electrons. The number of nitrogens with zero attached hydrogens (tertiary/aromatic N) is 4. The van der Waals surface area contributed by atoms with Crippen LogP contribution in [-0.2, 0) is 46.5 Å². The average molecular weight is 873 g/mol. The number of aromatic nitrogens is 2. The molecule has 12 nitrogen and oxygen atoms in total. The van der Waals surface area contributed by atoms with Crippen molar-refractivity contribution in [2.75, 3.05) is 13.1 Å². The second kappa shape index (κ2) is 19.9. The van der Waals surface area contributed by atoms with Crippen molar-refractivity contribution in [1.29, 1.82) is 0 Å². The molecule has 1 aliphatic rings. The Kier molecular flexibility index (Phi) is 15.2. The summed E-state index contributed by atoms with van der Waals surface area (Å²) < 4.78 is 70.0. The number of amides is 1. The summed E-state index contributed by atoms with van der Waals surface area (Å²) >= 11 is 1.25. The van der Waals surface area contributed by atoms with Crippen molar-refractivity contribution in [1.82, 2.24) is 19.4 Å². The van der Waals surface area contributed by atoms with Crippen LogP contribution in [0.3, 0.4) is 0 Å². The third-order valence-electron chi connectivity index (χ3n) is 10.5. The number of pyridine rings is 1. The van der Waals surface area contributed by atoms with Crippen LogP contribution in [0.5, 0.6) is 0 Å². The van der Waals surface area contributed by atoms with E-state index >= 15 is 0 Å². The third-order valence-corrected chi connectivity index (χ3v) is 11.4. The molecule has 3 aromatic carbocycles. The van der Waals surface area contributed by atoms with Crippen molar-refractivity contribution in [2.24, 2.45) is 0 Å². The first-order valence-electron chi connectivity index (χ1n) is 19.3. The zero-order chi connectivity index (χ0) is 44.8. The van der Waals surface area contributed by atoms with Gasteiger partial charge in [0.15, 0.2) is 29.5 Å². The van der Waals surface area contributed by atoms with Gasteiger partial charge in [-0.05, 0) is 86.9 Å². The molecule has 1 amide bonds. The number of hydrogen-bond donors (Lipinski definition) is 4. The van der Waals surface area contributed by atoms with E-state index in [9.17, 15) is 41.1 Å². The number of benzene rings is 3. The molecule has 6 rings (SSSR count). The number of aliphatic hydroxyl groups is 2. The number of aliphatic hydroxyl groups excluding tert-OH is 2. The molecule has 0 bridgehead atoms. The van der Waals surface area contributed by atoms with Gasteiger partial charge in [0.25, 0.3) is 0 Å². The second-order valence-electron chi connectivity index (χ2n) is 14.9. The number of rotatable bonds is 13. The summed E-state index contributed by atoms with van der Waals surface area (Å²) in [5.41, 5.74) is 2.39. The fraction of sp³-hybridized carbons (Fsp3) is 0.372. The Labute approximate surface area is 351 Å². The van der Waals surface area contributed by atoms with Crippen molar-refractivity contribution in [3.8, 4) is 11.1 Å². The van der Waals surface area contributed by atoms with Gasteiger partial charge in [0.05, 0.1) is 10.6 Å². The van der Waals surface area contributed by atoms with Gasteiger partial charge in [-0.1, -0.05) is 48.5 Å². The summed E-state index contributed by atoms with van der Waals surface area (Å²) in [5, 5.41) is 33.2. The lowest BCUT2D eigenvalue weighted by atomic mass is 9.99. The van der Waals surface area contributed by atoms with E-state index < -0.39 is 47.5 Å². The molecule has 1 aliphatic heterocycles. The number of carbonyl (C=O) groups excluding carboxylic acids is 1. The number of fused-ring (bicyclic) bond motifs is 1. The van der Waals surface area contributed by atoms with Gasteiger partial charge in [0, 0.05) is 43.5 Å². The quantitative estimate of drug-likeness (QED) is 0.0985. The highest BCUT2D eigenvalue weighted by atomic mass is 32.1. The zero-order valence-electron chi connectivity index (χ0n) is 33.4. The molecule has 4 N–H and O–H groups in total. The van der Waals surface area contributed by atoms with Crippen molar-refractivity contribution in [3.05, 3.63) is 122 Å². The molecule has 2 atom stereocenters. The van der Waals surface area contributed by atoms with Crippen molar-refractivity contribution < 1.29 is 56.8 Å². The molecule has 18 heteroatoms. The summed E-state index contributed by atoms with van der Waals surface area (Å²) in [6.07, 6.45) is -7.09. The fourth-order valence-corrected chi connectivity index (χ4v) is 7.89. The minimum Gasteiger partial charge on any atom is -0.479 e. The smallest absolute Gasteiger partial charge is 0.416 e. The molecule has 5 aromatic rings. The number of carboxylic acids is 2. The largest absolute Gasteiger partial charge is 0.479 e. The van der Waals surface area contributed by atoms with Crippen LogP contribution in [0, 0.1) is 18.6 Å². The van der Waals surface area contributed by atoms with Crippen LogP contribution in [-0.4, -0.2) is 95.0 Å². The predicted molar refractivity (Wildman–Crippen MR) is 217 cm³/mol. The van der Waals surface area contributed by atoms with E-state index in [1.54, 1.807) is 11.5 Å². The number of thiazole rings is 1. The molecule has 1 saturated heterocycles. The Morgan fingerprint density at radius 1 is 0.885 bits per heavy atom. The lowest BCUT2D eigenvalue weighted by molar-refractivity contribution is -0.165. The van der Waals surface area contributed by atoms with Crippen LogP contribution in [0.15, 0.2) is 77.6 Å². The number of carboxylic acid groups (broad SMARTS) is 2. The van der Waals surface area contributed by atoms with Crippen LogP contribution < -0.4 is 5.43 Å². The monoisotopic (exact) mass is 872 g/mol. The third kappa shape index (κ3) is 11.6. The van der Waals surface area contributed by atoms with E-state index in [1.807, 2.05) is 29.2 Å². The summed E-state index contributed by atoms with van der Waals surface area (Å²) in [7, 11) is 0. The first-order valence-corrected chi connectivity index (χ1v) is 20.1. The molecule has 0 saturated carbocycles. The zero-order valence-corrected chi connectivity index (χ0v) is 34.2. The first-order chi connectivity index (χ1) is 28.7. The standard InChI is InChI=1S/C39H39F5N4O2S.C4H6O6/c1-24(2)46-19-17-31(18-20-46)47(22-26-7-9-27(10-8-26)28-11-14-30(15-12-28)39(42,43)44)35(50)23-48-32(16-13-29-5-4-6-33(40)36(29)41)21-34(49)37-38(48)45-25(3)51-37;5-1(3(7)8)2(6)4(9)10/h4-12,14-15,21,24,31H,13,16-20,22-23H2,1-3H3;1-2,5-6H,(H,7,8)(H,9,10). The Balaban J connectivity index is 0.000000626. The number of aryl methyl sites for hydroxylation is 3. The van der Waals surface area contributed by atoms with Crippen LogP contribution >= 0.6 is 11.3 Å². The molecule has 61 heavy (non-hydrogen) atoms. The number of hydrogen-bond acceptors (Lipinski definition) is 9. The number of carbonyl (C=O) groups is 3. The molecular formula is C43H45F5N4O8S. The molecule has 1 fully saturated rings. The Morgan fingerprint density at radius 3 is 2.00 bits per heavy atom. The van der Waals surface area contributed by atoms with Gasteiger partial charge in [0.1, 0.15) is 11.2 Å². The number of piperidine rings is 1.